The molecule has 0 aliphatic carbocycles. The second-order valence-corrected chi connectivity index (χ2v) is 12.4. The fourth-order valence-electron chi connectivity index (χ4n) is 6.64. The number of pyridine rings is 1. The third-order valence-electron chi connectivity index (χ3n) is 8.85. The number of furan rings is 1. The molecular weight excluding hydrogens is 953 g/mol. The number of carbonyl (C=O) groups is 1. The molecule has 0 saturated carbocycles. The van der Waals surface area contributed by atoms with E-state index in [1.165, 1.54) is 21.8 Å². The van der Waals surface area contributed by atoms with Crippen LogP contribution in [0.2, 0.25) is 0 Å². The zero-order chi connectivity index (χ0) is 39.8. The van der Waals surface area contributed by atoms with Crippen molar-refractivity contribution in [2.45, 2.75) is 24.7 Å². The van der Waals surface area contributed by atoms with Gasteiger partial charge >= 0.3 is 24.7 Å². The van der Waals surface area contributed by atoms with Crippen LogP contribution in [-0.4, -0.2) is 45.0 Å². The van der Waals surface area contributed by atoms with Gasteiger partial charge in [0.15, 0.2) is 5.78 Å². The Morgan fingerprint density at radius 2 is 1.23 bits per heavy atom. The Morgan fingerprint density at radius 1 is 0.679 bits per heavy atom. The van der Waals surface area contributed by atoms with Gasteiger partial charge in [-0.2, -0.15) is 52.7 Å². The van der Waals surface area contributed by atoms with E-state index in [1.807, 2.05) is 18.3 Å². The molecule has 18 heteroatoms. The van der Waals surface area contributed by atoms with Crippen LogP contribution in [0, 0.1) is 17.9 Å². The van der Waals surface area contributed by atoms with Crippen molar-refractivity contribution >= 4 is 65.8 Å². The van der Waals surface area contributed by atoms with E-state index < -0.39 is 54.2 Å². The van der Waals surface area contributed by atoms with Gasteiger partial charge in [-0.1, -0.05) is 66.2 Å². The number of aliphatic hydroxyl groups excluding tert-OH is 1. The standard InChI is InChI=1S/C29H15N2O.C9H4F12O2.Ir/c1-2-8-18-16-30-24(15-17(18)7-1)21-11-6-13-23-27-29(32-28(21)23)22-12-5-10-20-19-9-3-4-14-25(19)31(27)26(20)22;10-6(11,12)4(7(13,14)15)2(22)1-3(23)5(8(16,17)18)9(19,20)21;/h1-10,12-16H;1,4-5,22H;/q-1;;/b;2-1-;. The van der Waals surface area contributed by atoms with Gasteiger partial charge in [0, 0.05) is 48.5 Å². The Labute approximate surface area is 318 Å². The summed E-state index contributed by atoms with van der Waals surface area (Å²) in [4.78, 5) is 15.5. The third-order valence-corrected chi connectivity index (χ3v) is 8.85. The fourth-order valence-corrected chi connectivity index (χ4v) is 6.64. The van der Waals surface area contributed by atoms with Crippen LogP contribution in [0.15, 0.2) is 107 Å². The summed E-state index contributed by atoms with van der Waals surface area (Å²) in [5.41, 5.74) is 7.07. The molecule has 0 bridgehead atoms. The maximum absolute atomic E-state index is 12.1. The minimum Gasteiger partial charge on any atom is -0.511 e. The van der Waals surface area contributed by atoms with Crippen molar-refractivity contribution < 1.29 is 87.1 Å². The first-order chi connectivity index (χ1) is 25.7. The number of aromatic nitrogens is 2. The predicted molar refractivity (Wildman–Crippen MR) is 177 cm³/mol. The number of para-hydroxylation sites is 2. The monoisotopic (exact) mass is 972 g/mol. The fraction of sp³-hybridized carbons (Fsp3) is 0.158. The van der Waals surface area contributed by atoms with E-state index in [0.29, 0.717) is 0 Å². The minimum atomic E-state index is -6.34. The van der Waals surface area contributed by atoms with Crippen LogP contribution in [0.1, 0.15) is 0 Å². The Bertz CT molecular complexity index is 2750. The van der Waals surface area contributed by atoms with Crippen molar-refractivity contribution in [1.82, 2.24) is 9.38 Å². The molecule has 4 aromatic heterocycles. The van der Waals surface area contributed by atoms with Crippen LogP contribution < -0.4 is 0 Å². The van der Waals surface area contributed by atoms with E-state index in [9.17, 15) is 57.5 Å². The molecule has 1 N–H and O–H groups in total. The first kappa shape index (κ1) is 40.3. The van der Waals surface area contributed by atoms with E-state index >= 15 is 0 Å². The van der Waals surface area contributed by atoms with Crippen LogP contribution >= 0.6 is 0 Å². The first-order valence-corrected chi connectivity index (χ1v) is 15.7. The Hall–Kier alpha value is -5.35. The van der Waals surface area contributed by atoms with Crippen molar-refractivity contribution in [2.75, 3.05) is 0 Å². The second kappa shape index (κ2) is 14.0. The van der Waals surface area contributed by atoms with Crippen LogP contribution in [0.25, 0.3) is 71.3 Å². The van der Waals surface area contributed by atoms with Crippen molar-refractivity contribution in [2.24, 2.45) is 11.8 Å². The number of fused-ring (bicyclic) bond motifs is 9. The number of nitrogens with zero attached hydrogens (tertiary/aromatic N) is 2. The zero-order valence-corrected chi connectivity index (χ0v) is 29.8. The van der Waals surface area contributed by atoms with Crippen molar-refractivity contribution in [3.05, 3.63) is 109 Å². The van der Waals surface area contributed by atoms with Crippen molar-refractivity contribution in [1.29, 1.82) is 0 Å². The van der Waals surface area contributed by atoms with Gasteiger partial charge < -0.3 is 18.9 Å². The molecule has 0 spiro atoms. The molecule has 0 aliphatic heterocycles. The Balaban J connectivity index is 0.000000200. The molecule has 1 radical (unpaired) electrons. The summed E-state index contributed by atoms with van der Waals surface area (Å²) in [5.74, 6) is -15.9. The number of aliphatic hydroxyl groups is 1. The van der Waals surface area contributed by atoms with Crippen LogP contribution in [-0.2, 0) is 24.9 Å². The summed E-state index contributed by atoms with van der Waals surface area (Å²) in [7, 11) is 0. The van der Waals surface area contributed by atoms with Crippen molar-refractivity contribution in [3.8, 4) is 11.3 Å². The quantitative estimate of drug-likeness (QED) is 0.0826. The summed E-state index contributed by atoms with van der Waals surface area (Å²) in [6.45, 7) is 0. The molecule has 8 aromatic rings. The van der Waals surface area contributed by atoms with Gasteiger partial charge in [-0.25, -0.2) is 0 Å². The first-order valence-electron chi connectivity index (χ1n) is 15.7. The van der Waals surface area contributed by atoms with Gasteiger partial charge in [0.25, 0.3) is 0 Å². The van der Waals surface area contributed by atoms with E-state index in [1.54, 1.807) is 0 Å². The molecule has 0 aliphatic rings. The summed E-state index contributed by atoms with van der Waals surface area (Å²) in [6, 6.07) is 32.9. The van der Waals surface area contributed by atoms with Gasteiger partial charge in [0.1, 0.15) is 11.3 Å². The predicted octanol–water partition coefficient (Wildman–Crippen LogP) is 12.1. The average Bonchev–Trinajstić information content (AvgIpc) is 3.71. The number of rotatable bonds is 4. The number of hydrogen-bond donors (Lipinski definition) is 1. The number of alkyl halides is 12. The summed E-state index contributed by atoms with van der Waals surface area (Å²) in [6.07, 6.45) is -24.7. The SMILES string of the molecule is O=C(/C=C(\O)C(C(F)(F)F)C(F)(F)F)C(C(F)(F)F)C(F)(F)F.[Ir].[c-]1ccc2c(oc3c4cccc5c6ccccc6n(c54)c23)c1-c1cc2ccccc2cn1. The van der Waals surface area contributed by atoms with Crippen LogP contribution in [0.4, 0.5) is 52.7 Å². The van der Waals surface area contributed by atoms with Gasteiger partial charge in [0.05, 0.1) is 22.1 Å². The second-order valence-electron chi connectivity index (χ2n) is 12.4. The number of carbonyl (C=O) groups excluding carboxylic acids is 1. The average molecular weight is 972 g/mol. The molecule has 293 valence electrons. The van der Waals surface area contributed by atoms with Gasteiger partial charge in [0.2, 0.25) is 11.8 Å². The number of benzene rings is 4. The minimum absolute atomic E-state index is 0. The normalized spacial score (nSPS) is 13.4. The molecule has 5 nitrogen and oxygen atoms in total. The number of hydrogen-bond acceptors (Lipinski definition) is 4. The number of ketones is 1. The molecule has 0 saturated heterocycles. The third kappa shape index (κ3) is 7.00. The molecule has 8 rings (SSSR count). The molecule has 0 unspecified atom stereocenters. The maximum Gasteiger partial charge on any atom is 0.407 e. The molecule has 56 heavy (non-hydrogen) atoms. The smallest absolute Gasteiger partial charge is 0.407 e. The largest absolute Gasteiger partial charge is 0.511 e. The van der Waals surface area contributed by atoms with Crippen LogP contribution in [0.3, 0.4) is 0 Å². The maximum atomic E-state index is 12.1. The van der Waals surface area contributed by atoms with Gasteiger partial charge in [-0.3, -0.25) is 4.79 Å². The Morgan fingerprint density at radius 3 is 1.88 bits per heavy atom. The van der Waals surface area contributed by atoms with Crippen LogP contribution in [0.5, 0.6) is 0 Å². The molecule has 0 fully saturated rings. The molecule has 4 heterocycles. The van der Waals surface area contributed by atoms with E-state index in [-0.39, 0.29) is 20.1 Å². The van der Waals surface area contributed by atoms with E-state index in [4.69, 9.17) is 14.5 Å². The topological polar surface area (TPSA) is 67.7 Å². The van der Waals surface area contributed by atoms with Gasteiger partial charge in [-0.05, 0) is 34.0 Å². The summed E-state index contributed by atoms with van der Waals surface area (Å²) in [5, 5.41) is 15.6. The number of halogens is 12. The summed E-state index contributed by atoms with van der Waals surface area (Å²) < 4.78 is 154. The Kier molecular flexibility index (Phi) is 10.1. The molecular formula is C38H19F12IrN2O3-. The summed E-state index contributed by atoms with van der Waals surface area (Å²) >= 11 is 0. The van der Waals surface area contributed by atoms with E-state index in [0.717, 1.165) is 49.5 Å². The molecule has 0 amide bonds. The van der Waals surface area contributed by atoms with Crippen molar-refractivity contribution in [3.63, 3.8) is 0 Å². The molecule has 4 aromatic carbocycles. The molecule has 0 atom stereocenters. The van der Waals surface area contributed by atoms with E-state index in [2.05, 4.69) is 83.3 Å². The van der Waals surface area contributed by atoms with Gasteiger partial charge in [-0.15, -0.1) is 18.2 Å². The number of allylic oxidation sites excluding steroid dienone is 2. The zero-order valence-electron chi connectivity index (χ0n) is 27.4.